The highest BCUT2D eigenvalue weighted by Gasteiger charge is 2.17. The Labute approximate surface area is 313 Å². The number of hydrogen-bond acceptors (Lipinski definition) is 9. The van der Waals surface area contributed by atoms with E-state index < -0.39 is 5.92 Å². The molecule has 10 nitrogen and oxygen atoms in total. The van der Waals surface area contributed by atoms with Gasteiger partial charge in [0.2, 0.25) is 11.8 Å². The molecule has 2 amide bonds. The van der Waals surface area contributed by atoms with Gasteiger partial charge in [-0.15, -0.1) is 0 Å². The van der Waals surface area contributed by atoms with Gasteiger partial charge in [-0.05, 0) is 70.8 Å². The van der Waals surface area contributed by atoms with Crippen molar-refractivity contribution in [2.24, 2.45) is 5.92 Å². The van der Waals surface area contributed by atoms with Crippen LogP contribution in [0.5, 0.6) is 0 Å². The molecule has 2 unspecified atom stereocenters. The maximum atomic E-state index is 11.4. The predicted octanol–water partition coefficient (Wildman–Crippen LogP) is 6.48. The topological polar surface area (TPSA) is 112 Å². The first-order valence-electron chi connectivity index (χ1n) is 17.3. The number of thioether (sulfide) groups is 1. The van der Waals surface area contributed by atoms with Crippen LogP contribution in [0.4, 0.5) is 11.4 Å². The second-order valence-electron chi connectivity index (χ2n) is 11.0. The second kappa shape index (κ2) is 34.2. The third kappa shape index (κ3) is 26.6. The number of aldehydes is 1. The highest BCUT2D eigenvalue weighted by molar-refractivity contribution is 7.99. The third-order valence-corrected chi connectivity index (χ3v) is 8.39. The Morgan fingerprint density at radius 2 is 1.60 bits per heavy atom. The van der Waals surface area contributed by atoms with E-state index in [1.807, 2.05) is 118 Å². The van der Waals surface area contributed by atoms with E-state index in [9.17, 15) is 14.4 Å². The summed E-state index contributed by atoms with van der Waals surface area (Å²) in [5.74, 6) is -0.465. The van der Waals surface area contributed by atoms with Crippen LogP contribution >= 0.6 is 23.4 Å². The van der Waals surface area contributed by atoms with Gasteiger partial charge in [0.1, 0.15) is 12.2 Å². The van der Waals surface area contributed by atoms with Crippen molar-refractivity contribution in [2.45, 2.75) is 53.2 Å². The van der Waals surface area contributed by atoms with Crippen LogP contribution in [0.3, 0.4) is 0 Å². The lowest BCUT2D eigenvalue weighted by Crippen LogP contribution is -2.44. The van der Waals surface area contributed by atoms with Crippen LogP contribution in [0.25, 0.3) is 0 Å². The van der Waals surface area contributed by atoms with Crippen LogP contribution in [-0.2, 0) is 14.4 Å². The number of amides is 2. The number of carbonyl (C=O) groups excluding carboxylic acids is 3. The molecule has 3 rings (SSSR count). The quantitative estimate of drug-likeness (QED) is 0.265. The number of benzene rings is 2. The molecule has 0 saturated carbocycles. The number of anilines is 2. The Morgan fingerprint density at radius 3 is 1.98 bits per heavy atom. The van der Waals surface area contributed by atoms with Crippen LogP contribution in [-0.4, -0.2) is 125 Å². The summed E-state index contributed by atoms with van der Waals surface area (Å²) < 4.78 is 0. The van der Waals surface area contributed by atoms with Crippen molar-refractivity contribution in [1.82, 2.24) is 20.0 Å². The Morgan fingerprint density at radius 1 is 1.02 bits per heavy atom. The maximum Gasteiger partial charge on any atom is 0.237 e. The van der Waals surface area contributed by atoms with E-state index >= 15 is 0 Å². The fourth-order valence-electron chi connectivity index (χ4n) is 3.72. The molecule has 2 N–H and O–H groups in total. The summed E-state index contributed by atoms with van der Waals surface area (Å²) in [7, 11) is 9.96. The molecule has 0 aromatic heterocycles. The van der Waals surface area contributed by atoms with Gasteiger partial charge in [0.05, 0.1) is 17.9 Å². The molecule has 1 aliphatic rings. The molecule has 2 atom stereocenters. The Bertz CT molecular complexity index is 1160. The number of halogens is 1. The summed E-state index contributed by atoms with van der Waals surface area (Å²) in [5.41, 5.74) is 2.37. The molecule has 12 heteroatoms. The first-order valence-corrected chi connectivity index (χ1v) is 19.0. The van der Waals surface area contributed by atoms with E-state index in [0.29, 0.717) is 13.1 Å². The van der Waals surface area contributed by atoms with Gasteiger partial charge in [0.15, 0.2) is 0 Å². The lowest BCUT2D eigenvalue weighted by Gasteiger charge is -2.30. The number of hydrogen-bond donors (Lipinski definition) is 2. The van der Waals surface area contributed by atoms with Crippen LogP contribution in [0.15, 0.2) is 54.6 Å². The molecule has 0 bridgehead atoms. The normalized spacial score (nSPS) is 12.9. The molecule has 0 spiro atoms. The Hall–Kier alpha value is -3.30. The monoisotopic (exact) mass is 735 g/mol. The van der Waals surface area contributed by atoms with Crippen molar-refractivity contribution in [3.05, 3.63) is 59.6 Å². The number of nitriles is 1. The van der Waals surface area contributed by atoms with Crippen molar-refractivity contribution < 1.29 is 14.4 Å². The van der Waals surface area contributed by atoms with E-state index in [4.69, 9.17) is 16.9 Å². The summed E-state index contributed by atoms with van der Waals surface area (Å²) >= 11 is 7.17. The maximum absolute atomic E-state index is 11.4. The van der Waals surface area contributed by atoms with Gasteiger partial charge >= 0.3 is 0 Å². The van der Waals surface area contributed by atoms with E-state index in [1.165, 1.54) is 5.69 Å². The van der Waals surface area contributed by atoms with Crippen LogP contribution in [0.1, 0.15) is 48.0 Å². The highest BCUT2D eigenvalue weighted by Crippen LogP contribution is 2.16. The average Bonchev–Trinajstić information content (AvgIpc) is 3.14. The summed E-state index contributed by atoms with van der Waals surface area (Å²) in [5, 5.41) is 14.8. The molecule has 50 heavy (non-hydrogen) atoms. The van der Waals surface area contributed by atoms with Gasteiger partial charge in [-0.3, -0.25) is 14.5 Å². The molecule has 1 heterocycles. The van der Waals surface area contributed by atoms with Gasteiger partial charge in [-0.1, -0.05) is 56.6 Å². The van der Waals surface area contributed by atoms with E-state index in [-0.39, 0.29) is 17.1 Å². The minimum Gasteiger partial charge on any atom is -0.388 e. The van der Waals surface area contributed by atoms with Crippen molar-refractivity contribution in [3.63, 3.8) is 0 Å². The highest BCUT2D eigenvalue weighted by atomic mass is 35.5. The van der Waals surface area contributed by atoms with Crippen LogP contribution < -0.4 is 15.5 Å². The van der Waals surface area contributed by atoms with Crippen molar-refractivity contribution in [2.75, 3.05) is 97.5 Å². The van der Waals surface area contributed by atoms with Gasteiger partial charge in [-0.2, -0.15) is 17.0 Å². The second-order valence-corrected chi connectivity index (χ2v) is 12.5. The van der Waals surface area contributed by atoms with E-state index in [0.717, 1.165) is 56.1 Å². The summed E-state index contributed by atoms with van der Waals surface area (Å²) in [6.07, 6.45) is 3.88. The number of likely N-dealkylation sites (N-methyl/N-ethyl adjacent to an activating group) is 1. The molecule has 1 aliphatic heterocycles. The van der Waals surface area contributed by atoms with Crippen molar-refractivity contribution >= 4 is 52.8 Å². The molecule has 2 aromatic rings. The third-order valence-electron chi connectivity index (χ3n) is 7.03. The Kier molecular flexibility index (Phi) is 34.9. The van der Waals surface area contributed by atoms with Crippen LogP contribution in [0, 0.1) is 17.2 Å². The standard InChI is InChI=1S/C9H14N2.C8H17NOS.C7H14N2O.C6H5Cl.C6H10N2O.C2H6/c1-10-8-5-4-6-9(7-8)11(2)3;1-5-7(11-4)8(10)9(3)6-2;1-8-2-4-9(5-3-8)6-7-10;7-6-4-2-1-3-5-6;1-3-8-6(9)5(2)4-7;1-2/h4-7,10H,1-3H3;7H,5-6H2,1-4H3;7H,2-6H2,1H3;1-5H;5H,3H2,1-2H3,(H,8,9);1-2H3. The molecule has 284 valence electrons. The summed E-state index contributed by atoms with van der Waals surface area (Å²) in [6.45, 7) is 17.7. The zero-order valence-corrected chi connectivity index (χ0v) is 34.4. The summed E-state index contributed by atoms with van der Waals surface area (Å²) in [4.78, 5) is 40.5. The lowest BCUT2D eigenvalue weighted by atomic mass is 10.2. The zero-order valence-electron chi connectivity index (χ0n) is 32.8. The number of rotatable bonds is 10. The van der Waals surface area contributed by atoms with Crippen LogP contribution in [0.2, 0.25) is 5.02 Å². The molecule has 1 fully saturated rings. The van der Waals surface area contributed by atoms with Gasteiger partial charge in [0, 0.05) is 83.9 Å². The molecule has 0 radical (unpaired) electrons. The fourth-order valence-corrected chi connectivity index (χ4v) is 4.58. The van der Waals surface area contributed by atoms with Gasteiger partial charge in [-0.25, -0.2) is 0 Å². The smallest absolute Gasteiger partial charge is 0.237 e. The number of nitrogens with zero attached hydrogens (tertiary/aromatic N) is 5. The molecule has 2 aromatic carbocycles. The first kappa shape index (κ1) is 51.1. The number of nitrogens with one attached hydrogen (secondary N) is 2. The lowest BCUT2D eigenvalue weighted by molar-refractivity contribution is -0.129. The predicted molar refractivity (Wildman–Crippen MR) is 217 cm³/mol. The Balaban J connectivity index is -0.000000549. The fraction of sp³-hybridized carbons (Fsp3) is 0.579. The molecular formula is C38H66ClN7O3S. The average molecular weight is 737 g/mol. The largest absolute Gasteiger partial charge is 0.388 e. The van der Waals surface area contributed by atoms with Gasteiger partial charge in [0.25, 0.3) is 0 Å². The first-order chi connectivity index (χ1) is 23.8. The molecule has 0 aliphatic carbocycles. The zero-order chi connectivity index (χ0) is 38.9. The molecule has 1 saturated heterocycles. The minimum atomic E-state index is -0.523. The number of piperazine rings is 1. The summed E-state index contributed by atoms with van der Waals surface area (Å²) in [6, 6.07) is 19.6. The van der Waals surface area contributed by atoms with E-state index in [1.54, 1.807) is 23.6 Å². The van der Waals surface area contributed by atoms with E-state index in [2.05, 4.69) is 44.5 Å². The van der Waals surface area contributed by atoms with Gasteiger partial charge < -0.3 is 30.1 Å². The minimum absolute atomic E-state index is 0.153. The SMILES string of the molecule is CC.CCC(SC)C(=O)N(C)CC.CCNC(=O)C(C)C#N.CN1CCN(CC=O)CC1.CNc1cccc(N(C)C)c1.Clc1ccccc1. The molecular weight excluding hydrogens is 670 g/mol. The number of carbonyl (C=O) groups is 3. The van der Waals surface area contributed by atoms with Crippen molar-refractivity contribution in [3.8, 4) is 6.07 Å². The van der Waals surface area contributed by atoms with Crippen molar-refractivity contribution in [1.29, 1.82) is 5.26 Å².